The molecule has 3 aromatic rings. The zero-order valence-corrected chi connectivity index (χ0v) is 16.3. The van der Waals surface area contributed by atoms with Gasteiger partial charge in [0.2, 0.25) is 0 Å². The Balaban J connectivity index is 0.000000271. The molecule has 0 spiro atoms. The lowest BCUT2D eigenvalue weighted by Crippen LogP contribution is -2.23. The van der Waals surface area contributed by atoms with E-state index in [4.69, 9.17) is 16.7 Å². The lowest BCUT2D eigenvalue weighted by Gasteiger charge is -2.14. The van der Waals surface area contributed by atoms with E-state index in [-0.39, 0.29) is 5.56 Å². The van der Waals surface area contributed by atoms with Crippen LogP contribution in [0, 0.1) is 0 Å². The smallest absolute Gasteiger partial charge is 0.335 e. The molecule has 0 aliphatic carbocycles. The van der Waals surface area contributed by atoms with Crippen molar-refractivity contribution in [3.8, 4) is 11.4 Å². The molecular weight excluding hydrogens is 376 g/mol. The third kappa shape index (κ3) is 5.90. The lowest BCUT2D eigenvalue weighted by atomic mass is 10.2. The number of carbonyl (C=O) groups is 1. The van der Waals surface area contributed by atoms with E-state index in [1.807, 2.05) is 41.1 Å². The Labute approximate surface area is 169 Å². The van der Waals surface area contributed by atoms with Gasteiger partial charge < -0.3 is 14.6 Å². The zero-order chi connectivity index (χ0) is 19.8. The summed E-state index contributed by atoms with van der Waals surface area (Å²) in [6.45, 7) is 4.29. The van der Waals surface area contributed by atoms with Crippen LogP contribution in [0.4, 0.5) is 0 Å². The normalized spacial score (nSPS) is 13.8. The van der Waals surface area contributed by atoms with E-state index in [0.717, 1.165) is 18.1 Å². The lowest BCUT2D eigenvalue weighted by molar-refractivity contribution is 0.0697. The van der Waals surface area contributed by atoms with Gasteiger partial charge in [0.05, 0.1) is 17.6 Å². The van der Waals surface area contributed by atoms with Gasteiger partial charge in [0.1, 0.15) is 5.69 Å². The first kappa shape index (κ1) is 20.0. The van der Waals surface area contributed by atoms with Crippen LogP contribution < -0.4 is 0 Å². The largest absolute Gasteiger partial charge is 0.478 e. The molecule has 0 amide bonds. The molecule has 0 bridgehead atoms. The van der Waals surface area contributed by atoms with Gasteiger partial charge in [-0.05, 0) is 50.2 Å². The van der Waals surface area contributed by atoms with E-state index in [2.05, 4.69) is 14.9 Å². The molecule has 1 saturated heterocycles. The molecule has 1 aromatic carbocycles. The van der Waals surface area contributed by atoms with E-state index in [0.29, 0.717) is 11.4 Å². The van der Waals surface area contributed by atoms with E-state index < -0.39 is 5.97 Å². The fourth-order valence-corrected chi connectivity index (χ4v) is 3.14. The van der Waals surface area contributed by atoms with Crippen LogP contribution in [0.1, 0.15) is 23.2 Å². The molecule has 4 rings (SSSR count). The summed E-state index contributed by atoms with van der Waals surface area (Å²) in [7, 11) is 0. The molecule has 0 unspecified atom stereocenters. The molecule has 146 valence electrons. The van der Waals surface area contributed by atoms with Crippen LogP contribution in [0.3, 0.4) is 0 Å². The van der Waals surface area contributed by atoms with Gasteiger partial charge in [-0.2, -0.15) is 0 Å². The van der Waals surface area contributed by atoms with Crippen molar-refractivity contribution in [3.63, 3.8) is 0 Å². The van der Waals surface area contributed by atoms with Crippen molar-refractivity contribution < 1.29 is 9.90 Å². The maximum absolute atomic E-state index is 11.0. The molecule has 3 heterocycles. The van der Waals surface area contributed by atoms with Gasteiger partial charge in [-0.1, -0.05) is 29.8 Å². The predicted molar refractivity (Wildman–Crippen MR) is 110 cm³/mol. The number of hydrogen-bond acceptors (Lipinski definition) is 4. The number of pyridine rings is 1. The summed E-state index contributed by atoms with van der Waals surface area (Å²) >= 11 is 5.54. The second kappa shape index (κ2) is 10.0. The van der Waals surface area contributed by atoms with E-state index in [1.54, 1.807) is 12.4 Å². The highest BCUT2D eigenvalue weighted by molar-refractivity contribution is 6.30. The molecular formula is C21H23ClN4O2. The second-order valence-electron chi connectivity index (χ2n) is 6.58. The fourth-order valence-electron chi connectivity index (χ4n) is 3.00. The van der Waals surface area contributed by atoms with Gasteiger partial charge >= 0.3 is 5.97 Å². The third-order valence-corrected chi connectivity index (χ3v) is 4.76. The Kier molecular flexibility index (Phi) is 7.17. The number of rotatable bonds is 5. The highest BCUT2D eigenvalue weighted by atomic mass is 35.5. The Bertz CT molecular complexity index is 892. The number of imidazole rings is 1. The molecule has 7 heteroatoms. The van der Waals surface area contributed by atoms with Crippen LogP contribution in [0.25, 0.3) is 11.4 Å². The molecule has 1 N–H and O–H groups in total. The minimum Gasteiger partial charge on any atom is -0.478 e. The number of aromatic nitrogens is 3. The Hall–Kier alpha value is -2.70. The van der Waals surface area contributed by atoms with Crippen molar-refractivity contribution in [1.82, 2.24) is 19.4 Å². The first-order valence-corrected chi connectivity index (χ1v) is 9.64. The van der Waals surface area contributed by atoms with Gasteiger partial charge in [0, 0.05) is 30.5 Å². The van der Waals surface area contributed by atoms with Crippen LogP contribution in [0.2, 0.25) is 5.02 Å². The number of benzene rings is 1. The topological polar surface area (TPSA) is 71.2 Å². The Morgan fingerprint density at radius 3 is 2.43 bits per heavy atom. The van der Waals surface area contributed by atoms with Crippen LogP contribution in [0.5, 0.6) is 0 Å². The van der Waals surface area contributed by atoms with E-state index in [9.17, 15) is 4.79 Å². The van der Waals surface area contributed by atoms with Gasteiger partial charge in [0.15, 0.2) is 0 Å². The highest BCUT2D eigenvalue weighted by Crippen LogP contribution is 2.16. The highest BCUT2D eigenvalue weighted by Gasteiger charge is 2.12. The van der Waals surface area contributed by atoms with Gasteiger partial charge in [-0.15, -0.1) is 0 Å². The maximum atomic E-state index is 11.0. The van der Waals surface area contributed by atoms with Crippen molar-refractivity contribution in [2.75, 3.05) is 19.6 Å². The predicted octanol–water partition coefficient (Wildman–Crippen LogP) is 4.08. The molecule has 1 aliphatic heterocycles. The summed E-state index contributed by atoms with van der Waals surface area (Å²) in [5.41, 5.74) is 1.53. The van der Waals surface area contributed by atoms with Crippen LogP contribution in [-0.2, 0) is 6.54 Å². The molecule has 28 heavy (non-hydrogen) atoms. The van der Waals surface area contributed by atoms with Crippen molar-refractivity contribution >= 4 is 17.6 Å². The monoisotopic (exact) mass is 398 g/mol. The first-order chi connectivity index (χ1) is 13.6. The van der Waals surface area contributed by atoms with E-state index >= 15 is 0 Å². The molecule has 0 radical (unpaired) electrons. The zero-order valence-electron chi connectivity index (χ0n) is 15.5. The summed E-state index contributed by atoms with van der Waals surface area (Å²) < 4.78 is 2.03. The van der Waals surface area contributed by atoms with Crippen LogP contribution in [0.15, 0.2) is 61.2 Å². The fraction of sp³-hybridized carbons (Fsp3) is 0.286. The minimum absolute atomic E-state index is 0.228. The van der Waals surface area contributed by atoms with Crippen molar-refractivity contribution in [2.45, 2.75) is 19.4 Å². The maximum Gasteiger partial charge on any atom is 0.335 e. The van der Waals surface area contributed by atoms with Gasteiger partial charge in [-0.3, -0.25) is 4.98 Å². The minimum atomic E-state index is -0.952. The van der Waals surface area contributed by atoms with Crippen molar-refractivity contribution in [1.29, 1.82) is 0 Å². The molecule has 1 aliphatic rings. The molecule has 0 saturated carbocycles. The molecule has 1 fully saturated rings. The molecule has 0 atom stereocenters. The quantitative estimate of drug-likeness (QED) is 0.701. The average molecular weight is 399 g/mol. The summed E-state index contributed by atoms with van der Waals surface area (Å²) in [6.07, 6.45) is 7.79. The number of carboxylic acids is 1. The number of nitrogens with zero attached hydrogens (tertiary/aromatic N) is 4. The van der Waals surface area contributed by atoms with Crippen molar-refractivity contribution in [3.05, 3.63) is 71.8 Å². The summed E-state index contributed by atoms with van der Waals surface area (Å²) in [4.78, 5) is 21.9. The number of aromatic carboxylic acids is 1. The number of hydrogen-bond donors (Lipinski definition) is 1. The van der Waals surface area contributed by atoms with Gasteiger partial charge in [-0.25, -0.2) is 9.78 Å². The SMILES string of the molecule is Clc1ccccc1.O=C(O)c1ccnc(-c2cn(CCN3CCCC3)cn2)c1. The van der Waals surface area contributed by atoms with Crippen LogP contribution >= 0.6 is 11.6 Å². The molecule has 2 aromatic heterocycles. The van der Waals surface area contributed by atoms with Gasteiger partial charge in [0.25, 0.3) is 0 Å². The Morgan fingerprint density at radius 2 is 1.79 bits per heavy atom. The van der Waals surface area contributed by atoms with Crippen molar-refractivity contribution in [2.24, 2.45) is 0 Å². The standard InChI is InChI=1S/C15H18N4O2.C6H5Cl/c20-15(21)12-3-4-16-13(9-12)14-10-19(11-17-14)8-7-18-5-1-2-6-18;7-6-4-2-1-3-5-6/h3-4,9-11H,1-2,5-8H2,(H,20,21);1-5H. The summed E-state index contributed by atoms with van der Waals surface area (Å²) in [6, 6.07) is 12.5. The number of carboxylic acid groups (broad SMARTS) is 1. The van der Waals surface area contributed by atoms with Crippen LogP contribution in [-0.4, -0.2) is 50.1 Å². The number of halogens is 1. The summed E-state index contributed by atoms with van der Waals surface area (Å²) in [5, 5.41) is 9.80. The summed E-state index contributed by atoms with van der Waals surface area (Å²) in [5.74, 6) is -0.952. The molecule has 6 nitrogen and oxygen atoms in total. The average Bonchev–Trinajstić information content (AvgIpc) is 3.39. The third-order valence-electron chi connectivity index (χ3n) is 4.51. The Morgan fingerprint density at radius 1 is 1.04 bits per heavy atom. The first-order valence-electron chi connectivity index (χ1n) is 9.26. The number of likely N-dealkylation sites (tertiary alicyclic amines) is 1. The second-order valence-corrected chi connectivity index (χ2v) is 7.01. The van der Waals surface area contributed by atoms with E-state index in [1.165, 1.54) is 38.2 Å².